The third-order valence-corrected chi connectivity index (χ3v) is 5.35. The number of anilines is 2. The highest BCUT2D eigenvalue weighted by molar-refractivity contribution is 9.10. The average Bonchev–Trinajstić information content (AvgIpc) is 2.41. The number of rotatable bonds is 3. The number of halogens is 3. The molecule has 2 N–H and O–H groups in total. The van der Waals surface area contributed by atoms with Crippen LogP contribution < -0.4 is 10.0 Å². The summed E-state index contributed by atoms with van der Waals surface area (Å²) in [6, 6.07) is 6.98. The monoisotopic (exact) mass is 376 g/mol. The maximum atomic E-state index is 13.9. The molecule has 0 radical (unpaired) electrons. The molecular formula is C13H11BrF2N2O2S. The first kappa shape index (κ1) is 15.7. The first-order valence-corrected chi connectivity index (χ1v) is 7.96. The fourth-order valence-electron chi connectivity index (χ4n) is 1.70. The molecule has 0 aliphatic carbocycles. The average molecular weight is 377 g/mol. The Balaban J connectivity index is 2.54. The van der Waals surface area contributed by atoms with Gasteiger partial charge in [-0.15, -0.1) is 0 Å². The highest BCUT2D eigenvalue weighted by Crippen LogP contribution is 2.29. The van der Waals surface area contributed by atoms with E-state index in [0.29, 0.717) is 0 Å². The van der Waals surface area contributed by atoms with Gasteiger partial charge in [-0.2, -0.15) is 0 Å². The van der Waals surface area contributed by atoms with Crippen molar-refractivity contribution in [2.24, 2.45) is 0 Å². The van der Waals surface area contributed by atoms with Crippen molar-refractivity contribution in [1.29, 1.82) is 0 Å². The third kappa shape index (κ3) is 3.01. The molecular weight excluding hydrogens is 366 g/mol. The van der Waals surface area contributed by atoms with Gasteiger partial charge in [0.15, 0.2) is 0 Å². The van der Waals surface area contributed by atoms with Crippen molar-refractivity contribution in [3.05, 3.63) is 52.5 Å². The van der Waals surface area contributed by atoms with Gasteiger partial charge in [0.2, 0.25) is 0 Å². The molecule has 0 bridgehead atoms. The molecule has 0 fully saturated rings. The Morgan fingerprint density at radius 1 is 1.19 bits per heavy atom. The molecule has 2 aromatic rings. The molecule has 8 heteroatoms. The molecule has 0 aliphatic heterocycles. The van der Waals surface area contributed by atoms with Gasteiger partial charge < -0.3 is 5.73 Å². The van der Waals surface area contributed by atoms with Gasteiger partial charge in [0.05, 0.1) is 5.69 Å². The lowest BCUT2D eigenvalue weighted by Crippen LogP contribution is -2.27. The van der Waals surface area contributed by atoms with Crippen molar-refractivity contribution in [1.82, 2.24) is 0 Å². The first-order valence-electron chi connectivity index (χ1n) is 5.72. The summed E-state index contributed by atoms with van der Waals surface area (Å²) in [6.07, 6.45) is 0. The summed E-state index contributed by atoms with van der Waals surface area (Å²) in [5, 5.41) is 0. The molecule has 0 unspecified atom stereocenters. The lowest BCUT2D eigenvalue weighted by molar-refractivity contribution is 0.565. The molecule has 2 aromatic carbocycles. The molecule has 0 aliphatic rings. The maximum absolute atomic E-state index is 13.9. The molecule has 0 saturated heterocycles. The van der Waals surface area contributed by atoms with Crippen molar-refractivity contribution in [3.8, 4) is 0 Å². The molecule has 0 spiro atoms. The summed E-state index contributed by atoms with van der Waals surface area (Å²) in [7, 11) is -2.98. The summed E-state index contributed by atoms with van der Waals surface area (Å²) in [4.78, 5) is -0.574. The minimum Gasteiger partial charge on any atom is -0.398 e. The topological polar surface area (TPSA) is 63.4 Å². The van der Waals surface area contributed by atoms with Gasteiger partial charge >= 0.3 is 0 Å². The molecule has 4 nitrogen and oxygen atoms in total. The van der Waals surface area contributed by atoms with Crippen LogP contribution in [0.4, 0.5) is 20.2 Å². The number of sulfonamides is 1. The van der Waals surface area contributed by atoms with Crippen LogP contribution in [0.2, 0.25) is 0 Å². The van der Waals surface area contributed by atoms with Gasteiger partial charge in [-0.1, -0.05) is 6.07 Å². The van der Waals surface area contributed by atoms with E-state index in [2.05, 4.69) is 15.9 Å². The van der Waals surface area contributed by atoms with E-state index in [0.717, 1.165) is 22.5 Å². The van der Waals surface area contributed by atoms with Crippen LogP contribution in [-0.4, -0.2) is 15.5 Å². The molecule has 0 aromatic heterocycles. The summed E-state index contributed by atoms with van der Waals surface area (Å²) in [5.74, 6) is -1.54. The SMILES string of the molecule is CN(c1cccc(F)c1)S(=O)(=O)c1cc(N)c(Br)cc1F. The van der Waals surface area contributed by atoms with E-state index in [-0.39, 0.29) is 15.8 Å². The minimum atomic E-state index is -4.19. The number of hydrogen-bond donors (Lipinski definition) is 1. The Morgan fingerprint density at radius 3 is 2.48 bits per heavy atom. The molecule has 112 valence electrons. The Labute approximate surface area is 129 Å². The largest absolute Gasteiger partial charge is 0.398 e. The standard InChI is InChI=1S/C13H11BrF2N2O2S/c1-18(9-4-2-3-8(15)5-9)21(19,20)13-7-12(17)10(14)6-11(13)16/h2-7H,17H2,1H3. The van der Waals surface area contributed by atoms with Crippen LogP contribution in [0.15, 0.2) is 45.8 Å². The van der Waals surface area contributed by atoms with Gasteiger partial charge in [-0.25, -0.2) is 17.2 Å². The smallest absolute Gasteiger partial charge is 0.267 e. The van der Waals surface area contributed by atoms with Crippen LogP contribution in [-0.2, 0) is 10.0 Å². The fraction of sp³-hybridized carbons (Fsp3) is 0.0769. The van der Waals surface area contributed by atoms with Gasteiger partial charge in [0.25, 0.3) is 10.0 Å². The quantitative estimate of drug-likeness (QED) is 0.836. The van der Waals surface area contributed by atoms with Gasteiger partial charge in [-0.05, 0) is 46.3 Å². The van der Waals surface area contributed by atoms with Crippen LogP contribution >= 0.6 is 15.9 Å². The maximum Gasteiger partial charge on any atom is 0.267 e. The van der Waals surface area contributed by atoms with E-state index in [1.807, 2.05) is 0 Å². The highest BCUT2D eigenvalue weighted by Gasteiger charge is 2.26. The summed E-state index contributed by atoms with van der Waals surface area (Å²) < 4.78 is 53.0. The Bertz CT molecular complexity index is 797. The van der Waals surface area contributed by atoms with E-state index < -0.39 is 26.6 Å². The van der Waals surface area contributed by atoms with Crippen molar-refractivity contribution >= 4 is 37.3 Å². The predicted molar refractivity (Wildman–Crippen MR) is 80.5 cm³/mol. The second-order valence-corrected chi connectivity index (χ2v) is 7.05. The van der Waals surface area contributed by atoms with Crippen molar-refractivity contribution in [2.45, 2.75) is 4.90 Å². The highest BCUT2D eigenvalue weighted by atomic mass is 79.9. The molecule has 0 heterocycles. The fourth-order valence-corrected chi connectivity index (χ4v) is 3.28. The van der Waals surface area contributed by atoms with Crippen LogP contribution in [0, 0.1) is 11.6 Å². The lowest BCUT2D eigenvalue weighted by atomic mass is 10.3. The summed E-state index contributed by atoms with van der Waals surface area (Å²) >= 11 is 3.02. The minimum absolute atomic E-state index is 0.0795. The molecule has 0 amide bonds. The van der Waals surface area contributed by atoms with E-state index >= 15 is 0 Å². The van der Waals surface area contributed by atoms with Crippen molar-refractivity contribution in [2.75, 3.05) is 17.1 Å². The number of hydrogen-bond acceptors (Lipinski definition) is 3. The van der Waals surface area contributed by atoms with E-state index in [1.165, 1.54) is 25.2 Å². The van der Waals surface area contributed by atoms with Crippen molar-refractivity contribution in [3.63, 3.8) is 0 Å². The van der Waals surface area contributed by atoms with Crippen LogP contribution in [0.5, 0.6) is 0 Å². The van der Waals surface area contributed by atoms with Crippen LogP contribution in [0.3, 0.4) is 0 Å². The molecule has 2 rings (SSSR count). The number of nitrogens with two attached hydrogens (primary N) is 1. The number of nitrogen functional groups attached to an aromatic ring is 1. The van der Waals surface area contributed by atoms with E-state index in [1.54, 1.807) is 0 Å². The van der Waals surface area contributed by atoms with Crippen LogP contribution in [0.25, 0.3) is 0 Å². The Hall–Kier alpha value is -1.67. The lowest BCUT2D eigenvalue weighted by Gasteiger charge is -2.20. The Morgan fingerprint density at radius 2 is 1.86 bits per heavy atom. The zero-order valence-corrected chi connectivity index (χ0v) is 13.2. The van der Waals surface area contributed by atoms with Gasteiger partial charge in [-0.3, -0.25) is 4.31 Å². The van der Waals surface area contributed by atoms with E-state index in [9.17, 15) is 17.2 Å². The van der Waals surface area contributed by atoms with Crippen molar-refractivity contribution < 1.29 is 17.2 Å². The first-order chi connectivity index (χ1) is 9.73. The normalized spacial score (nSPS) is 11.4. The molecule has 21 heavy (non-hydrogen) atoms. The third-order valence-electron chi connectivity index (χ3n) is 2.86. The number of nitrogens with zero attached hydrogens (tertiary/aromatic N) is 1. The number of benzene rings is 2. The second-order valence-electron chi connectivity index (χ2n) is 4.26. The Kier molecular flexibility index (Phi) is 4.20. The predicted octanol–water partition coefficient (Wildman–Crippen LogP) is 3.13. The molecule has 0 atom stereocenters. The zero-order valence-electron chi connectivity index (χ0n) is 10.8. The molecule has 0 saturated carbocycles. The summed E-state index contributed by atoms with van der Waals surface area (Å²) in [6.45, 7) is 0. The van der Waals surface area contributed by atoms with Gasteiger partial charge in [0, 0.05) is 17.2 Å². The van der Waals surface area contributed by atoms with Gasteiger partial charge in [0.1, 0.15) is 16.5 Å². The van der Waals surface area contributed by atoms with E-state index in [4.69, 9.17) is 5.73 Å². The second kappa shape index (κ2) is 5.61. The summed E-state index contributed by atoms with van der Waals surface area (Å²) in [5.41, 5.74) is 5.76. The van der Waals surface area contributed by atoms with Crippen LogP contribution in [0.1, 0.15) is 0 Å². The zero-order chi connectivity index (χ0) is 15.8.